The zero-order chi connectivity index (χ0) is 29.8. The molecule has 0 aliphatic heterocycles. The van der Waals surface area contributed by atoms with Crippen molar-refractivity contribution in [3.8, 4) is 0 Å². The molecule has 0 saturated heterocycles. The van der Waals surface area contributed by atoms with E-state index in [0.717, 1.165) is 10.9 Å². The van der Waals surface area contributed by atoms with Crippen molar-refractivity contribution in [3.05, 3.63) is 36.0 Å². The highest BCUT2D eigenvalue weighted by Crippen LogP contribution is 2.19. The molecule has 1 aromatic heterocycles. The number of rotatable bonds is 17. The number of hydrogen-bond acceptors (Lipinski definition) is 8. The number of carboxylic acids is 2. The van der Waals surface area contributed by atoms with Crippen LogP contribution < -0.4 is 27.4 Å². The number of primary amides is 1. The number of hydrogen-bond donors (Lipinski definition) is 8. The van der Waals surface area contributed by atoms with Crippen LogP contribution in [0, 0.1) is 0 Å². The van der Waals surface area contributed by atoms with Gasteiger partial charge in [0.25, 0.3) is 0 Å². The molecule has 14 nitrogen and oxygen atoms in total. The number of aromatic amines is 1. The Balaban J connectivity index is 2.28. The lowest BCUT2D eigenvalue weighted by Gasteiger charge is -2.25. The summed E-state index contributed by atoms with van der Waals surface area (Å²) in [5.41, 5.74) is 12.4. The van der Waals surface area contributed by atoms with Gasteiger partial charge in [-0.2, -0.15) is 11.8 Å². The lowest BCUT2D eigenvalue weighted by atomic mass is 10.0. The van der Waals surface area contributed by atoms with Crippen LogP contribution in [0.25, 0.3) is 10.9 Å². The second-order valence-electron chi connectivity index (χ2n) is 9.08. The first kappa shape index (κ1) is 32.1. The minimum Gasteiger partial charge on any atom is -0.481 e. The van der Waals surface area contributed by atoms with Gasteiger partial charge in [-0.1, -0.05) is 18.2 Å². The minimum absolute atomic E-state index is 0.00350. The van der Waals surface area contributed by atoms with Crippen molar-refractivity contribution in [2.45, 2.75) is 56.3 Å². The van der Waals surface area contributed by atoms with E-state index in [0.29, 0.717) is 11.3 Å². The number of carbonyl (C=O) groups excluding carboxylic acids is 4. The van der Waals surface area contributed by atoms with Crippen LogP contribution in [0.4, 0.5) is 0 Å². The van der Waals surface area contributed by atoms with Gasteiger partial charge in [0.05, 0.1) is 12.5 Å². The molecule has 40 heavy (non-hydrogen) atoms. The maximum Gasteiger partial charge on any atom is 0.326 e. The first-order chi connectivity index (χ1) is 18.9. The third-order valence-electron chi connectivity index (χ3n) is 6.00. The molecule has 0 aliphatic carbocycles. The van der Waals surface area contributed by atoms with E-state index in [4.69, 9.17) is 16.6 Å². The molecule has 218 valence electrons. The van der Waals surface area contributed by atoms with E-state index >= 15 is 0 Å². The van der Waals surface area contributed by atoms with Gasteiger partial charge in [0.1, 0.15) is 18.1 Å². The van der Waals surface area contributed by atoms with Crippen molar-refractivity contribution >= 4 is 58.2 Å². The summed E-state index contributed by atoms with van der Waals surface area (Å²) in [6.45, 7) is 0. The average Bonchev–Trinajstić information content (AvgIpc) is 3.30. The van der Waals surface area contributed by atoms with Crippen LogP contribution in [0.1, 0.15) is 31.2 Å². The normalized spacial score (nSPS) is 13.9. The molecular formula is C25H34N6O8S. The van der Waals surface area contributed by atoms with E-state index in [1.165, 1.54) is 11.8 Å². The Hall–Kier alpha value is -4.11. The zero-order valence-electron chi connectivity index (χ0n) is 21.8. The molecule has 4 unspecified atom stereocenters. The van der Waals surface area contributed by atoms with Gasteiger partial charge in [-0.15, -0.1) is 0 Å². The fourth-order valence-corrected chi connectivity index (χ4v) is 4.34. The van der Waals surface area contributed by atoms with Gasteiger partial charge in [0.2, 0.25) is 23.6 Å². The molecule has 0 bridgehead atoms. The van der Waals surface area contributed by atoms with E-state index in [2.05, 4.69) is 20.9 Å². The van der Waals surface area contributed by atoms with E-state index in [1.54, 1.807) is 12.5 Å². The molecule has 0 aliphatic rings. The Labute approximate surface area is 234 Å². The minimum atomic E-state index is -1.59. The Kier molecular flexibility index (Phi) is 12.4. The van der Waals surface area contributed by atoms with Crippen LogP contribution in [0.2, 0.25) is 0 Å². The molecule has 15 heteroatoms. The number of aliphatic carboxylic acids is 2. The highest BCUT2D eigenvalue weighted by atomic mass is 32.2. The van der Waals surface area contributed by atoms with Gasteiger partial charge in [-0.25, -0.2) is 4.79 Å². The summed E-state index contributed by atoms with van der Waals surface area (Å²) in [6.07, 6.45) is 2.44. The van der Waals surface area contributed by atoms with Crippen LogP contribution in [0.15, 0.2) is 30.5 Å². The van der Waals surface area contributed by atoms with E-state index in [-0.39, 0.29) is 25.7 Å². The van der Waals surface area contributed by atoms with Crippen molar-refractivity contribution in [2.75, 3.05) is 12.0 Å². The maximum absolute atomic E-state index is 13.5. The number of amides is 4. The van der Waals surface area contributed by atoms with Crippen LogP contribution in [0.5, 0.6) is 0 Å². The molecule has 2 aromatic rings. The Bertz CT molecular complexity index is 1230. The summed E-state index contributed by atoms with van der Waals surface area (Å²) in [7, 11) is 0. The lowest BCUT2D eigenvalue weighted by molar-refractivity contribution is -0.143. The highest BCUT2D eigenvalue weighted by Gasteiger charge is 2.31. The topological polar surface area (TPSA) is 247 Å². The number of thioether (sulfide) groups is 1. The summed E-state index contributed by atoms with van der Waals surface area (Å²) < 4.78 is 0. The second-order valence-corrected chi connectivity index (χ2v) is 10.1. The number of nitrogens with one attached hydrogen (secondary N) is 4. The molecule has 10 N–H and O–H groups in total. The van der Waals surface area contributed by atoms with Crippen LogP contribution in [-0.2, 0) is 35.2 Å². The standard InChI is InChI=1S/C25H34N6O8S/c1-40-9-8-17(23(36)31-19(25(38)39)11-20(27)32)29-24(37)18(30-22(35)15(26)6-7-21(33)34)10-13-12-28-16-5-3-2-4-14(13)16/h2-5,12,15,17-19,28H,6-11,26H2,1H3,(H2,27,32)(H,29,37)(H,30,35)(H,31,36)(H,33,34)(H,38,39). The van der Waals surface area contributed by atoms with Crippen LogP contribution >= 0.6 is 11.8 Å². The van der Waals surface area contributed by atoms with Gasteiger partial charge >= 0.3 is 11.9 Å². The summed E-state index contributed by atoms with van der Waals surface area (Å²) in [6, 6.07) is 2.10. The maximum atomic E-state index is 13.5. The summed E-state index contributed by atoms with van der Waals surface area (Å²) in [5.74, 6) is -5.45. The Morgan fingerprint density at radius 3 is 2.17 bits per heavy atom. The number of carboxylic acid groups (broad SMARTS) is 2. The number of aromatic nitrogens is 1. The predicted molar refractivity (Wildman–Crippen MR) is 147 cm³/mol. The second kappa shape index (κ2) is 15.5. The molecule has 0 spiro atoms. The first-order valence-electron chi connectivity index (χ1n) is 12.4. The molecule has 1 heterocycles. The van der Waals surface area contributed by atoms with Crippen molar-refractivity contribution in [2.24, 2.45) is 11.5 Å². The SMILES string of the molecule is CSCCC(NC(=O)C(Cc1c[nH]c2ccccc12)NC(=O)C(N)CCC(=O)O)C(=O)NC(CC(N)=O)C(=O)O. The molecule has 2 rings (SSSR count). The van der Waals surface area contributed by atoms with Gasteiger partial charge in [-0.3, -0.25) is 24.0 Å². The summed E-state index contributed by atoms with van der Waals surface area (Å²) in [4.78, 5) is 75.9. The monoisotopic (exact) mass is 578 g/mol. The molecule has 0 radical (unpaired) electrons. The largest absolute Gasteiger partial charge is 0.481 e. The first-order valence-corrected chi connectivity index (χ1v) is 13.8. The Morgan fingerprint density at radius 2 is 1.55 bits per heavy atom. The van der Waals surface area contributed by atoms with Gasteiger partial charge in [0.15, 0.2) is 0 Å². The van der Waals surface area contributed by atoms with Crippen LogP contribution in [-0.4, -0.2) is 86.9 Å². The molecule has 1 aromatic carbocycles. The third-order valence-corrected chi connectivity index (χ3v) is 6.65. The highest BCUT2D eigenvalue weighted by molar-refractivity contribution is 7.98. The fraction of sp³-hybridized carbons (Fsp3) is 0.440. The van der Waals surface area contributed by atoms with Gasteiger partial charge in [0, 0.05) is 29.9 Å². The predicted octanol–water partition coefficient (Wildman–Crippen LogP) is -0.930. The molecule has 0 fully saturated rings. The van der Waals surface area contributed by atoms with Crippen molar-refractivity contribution in [3.63, 3.8) is 0 Å². The molecule has 4 atom stereocenters. The van der Waals surface area contributed by atoms with Gasteiger partial charge in [-0.05, 0) is 36.5 Å². The summed E-state index contributed by atoms with van der Waals surface area (Å²) >= 11 is 1.39. The molecular weight excluding hydrogens is 544 g/mol. The number of para-hydroxylation sites is 1. The third kappa shape index (κ3) is 9.89. The van der Waals surface area contributed by atoms with E-state index in [9.17, 15) is 33.9 Å². The number of fused-ring (bicyclic) bond motifs is 1. The van der Waals surface area contributed by atoms with Crippen molar-refractivity contribution in [1.29, 1.82) is 0 Å². The number of benzene rings is 1. The van der Waals surface area contributed by atoms with Gasteiger partial charge < -0.3 is 42.6 Å². The molecule has 0 saturated carbocycles. The lowest BCUT2D eigenvalue weighted by Crippen LogP contribution is -2.58. The van der Waals surface area contributed by atoms with Crippen molar-refractivity contribution in [1.82, 2.24) is 20.9 Å². The smallest absolute Gasteiger partial charge is 0.326 e. The van der Waals surface area contributed by atoms with E-state index < -0.39 is 66.2 Å². The molecule has 4 amide bonds. The number of H-pyrrole nitrogens is 1. The Morgan fingerprint density at radius 1 is 0.925 bits per heavy atom. The number of nitrogens with two attached hydrogens (primary N) is 2. The van der Waals surface area contributed by atoms with Crippen molar-refractivity contribution < 1.29 is 39.0 Å². The average molecular weight is 579 g/mol. The number of carbonyl (C=O) groups is 6. The van der Waals surface area contributed by atoms with Crippen LogP contribution in [0.3, 0.4) is 0 Å². The zero-order valence-corrected chi connectivity index (χ0v) is 22.7. The quantitative estimate of drug-likeness (QED) is 0.114. The fourth-order valence-electron chi connectivity index (χ4n) is 3.87. The van der Waals surface area contributed by atoms with E-state index in [1.807, 2.05) is 24.3 Å². The summed E-state index contributed by atoms with van der Waals surface area (Å²) in [5, 5.41) is 26.4.